The highest BCUT2D eigenvalue weighted by Gasteiger charge is 2.35. The monoisotopic (exact) mass is 380 g/mol. The van der Waals surface area contributed by atoms with Crippen molar-refractivity contribution in [3.8, 4) is 0 Å². The topological polar surface area (TPSA) is 66.5 Å². The number of rotatable bonds is 4. The lowest BCUT2D eigenvalue weighted by molar-refractivity contribution is -0.126. The minimum Gasteiger partial charge on any atom is -0.355 e. The van der Waals surface area contributed by atoms with E-state index in [9.17, 15) is 13.2 Å². The number of piperidine rings is 1. The van der Waals surface area contributed by atoms with Crippen LogP contribution >= 0.6 is 0 Å². The van der Waals surface area contributed by atoms with Crippen LogP contribution in [0.4, 0.5) is 0 Å². The largest absolute Gasteiger partial charge is 0.355 e. The maximum Gasteiger partial charge on any atom is 0.243 e. The molecule has 0 saturated carbocycles. The van der Waals surface area contributed by atoms with Gasteiger partial charge in [-0.15, -0.1) is 0 Å². The van der Waals surface area contributed by atoms with Crippen LogP contribution in [0.5, 0.6) is 0 Å². The summed E-state index contributed by atoms with van der Waals surface area (Å²) in [5.74, 6) is -0.330. The van der Waals surface area contributed by atoms with E-state index >= 15 is 0 Å². The molecule has 26 heavy (non-hydrogen) atoms. The van der Waals surface area contributed by atoms with Crippen molar-refractivity contribution < 1.29 is 13.2 Å². The van der Waals surface area contributed by atoms with Crippen molar-refractivity contribution in [3.63, 3.8) is 0 Å². The minimum atomic E-state index is -3.60. The Morgan fingerprint density at radius 3 is 2.31 bits per heavy atom. The Bertz CT molecular complexity index is 756. The van der Waals surface area contributed by atoms with Gasteiger partial charge < -0.3 is 5.32 Å². The average molecular weight is 381 g/mol. The molecule has 1 aliphatic heterocycles. The maximum absolute atomic E-state index is 13.2. The lowest BCUT2D eigenvalue weighted by Gasteiger charge is -2.32. The van der Waals surface area contributed by atoms with E-state index in [0.29, 0.717) is 24.4 Å². The Hall–Kier alpha value is -1.40. The highest BCUT2D eigenvalue weighted by molar-refractivity contribution is 7.89. The fourth-order valence-corrected chi connectivity index (χ4v) is 5.51. The molecule has 0 radical (unpaired) electrons. The number of carbonyl (C=O) groups is 1. The molecule has 0 spiro atoms. The van der Waals surface area contributed by atoms with Gasteiger partial charge in [0.1, 0.15) is 0 Å². The first kappa shape index (κ1) is 20.9. The third-order valence-electron chi connectivity index (χ3n) is 4.75. The maximum atomic E-state index is 13.2. The summed E-state index contributed by atoms with van der Waals surface area (Å²) in [6.07, 6.45) is 1.44. The van der Waals surface area contributed by atoms with Gasteiger partial charge in [0, 0.05) is 19.6 Å². The Morgan fingerprint density at radius 1 is 1.19 bits per heavy atom. The molecule has 0 bridgehead atoms. The molecule has 0 aromatic heterocycles. The third kappa shape index (κ3) is 4.86. The van der Waals surface area contributed by atoms with Gasteiger partial charge in [0.05, 0.1) is 10.8 Å². The number of nitrogens with zero attached hydrogens (tertiary/aromatic N) is 1. The molecular formula is C20H32N2O3S. The summed E-state index contributed by atoms with van der Waals surface area (Å²) in [4.78, 5) is 12.9. The van der Waals surface area contributed by atoms with Crippen molar-refractivity contribution in [2.75, 3.05) is 19.6 Å². The van der Waals surface area contributed by atoms with Crippen LogP contribution in [0.2, 0.25) is 0 Å². The molecule has 146 valence electrons. The van der Waals surface area contributed by atoms with E-state index < -0.39 is 10.0 Å². The number of benzene rings is 1. The molecule has 0 unspecified atom stereocenters. The van der Waals surface area contributed by atoms with Gasteiger partial charge in [0.15, 0.2) is 0 Å². The Morgan fingerprint density at radius 2 is 1.77 bits per heavy atom. The molecule has 1 amide bonds. The van der Waals surface area contributed by atoms with Crippen LogP contribution in [-0.4, -0.2) is 38.3 Å². The van der Waals surface area contributed by atoms with Gasteiger partial charge in [-0.25, -0.2) is 8.42 Å². The van der Waals surface area contributed by atoms with Gasteiger partial charge in [0.2, 0.25) is 15.9 Å². The smallest absolute Gasteiger partial charge is 0.243 e. The van der Waals surface area contributed by atoms with Gasteiger partial charge in [-0.3, -0.25) is 4.79 Å². The van der Waals surface area contributed by atoms with Gasteiger partial charge in [-0.05, 0) is 50.2 Å². The fraction of sp³-hybridized carbons (Fsp3) is 0.650. The molecule has 0 aliphatic carbocycles. The Labute approximate surface area is 158 Å². The van der Waals surface area contributed by atoms with Crippen LogP contribution in [0.15, 0.2) is 17.0 Å². The van der Waals surface area contributed by atoms with E-state index in [-0.39, 0.29) is 23.8 Å². The molecule has 1 saturated heterocycles. The number of hydrogen-bond acceptors (Lipinski definition) is 3. The summed E-state index contributed by atoms with van der Waals surface area (Å²) in [5, 5.41) is 2.97. The second-order valence-electron chi connectivity index (χ2n) is 8.71. The van der Waals surface area contributed by atoms with E-state index in [4.69, 9.17) is 0 Å². The average Bonchev–Trinajstić information content (AvgIpc) is 2.50. The summed E-state index contributed by atoms with van der Waals surface area (Å²) >= 11 is 0. The molecule has 1 fully saturated rings. The molecule has 1 atom stereocenters. The summed E-state index contributed by atoms with van der Waals surface area (Å²) in [5.41, 5.74) is 2.59. The fourth-order valence-electron chi connectivity index (χ4n) is 3.57. The standard InChI is InChI=1S/C20H32N2O3S/c1-14-10-15(2)18(16(3)11-14)26(24,25)22-9-7-8-17(12-22)19(23)21-13-20(4,5)6/h10-11,17H,7-9,12-13H2,1-6H3,(H,21,23)/t17-/m1/s1. The zero-order chi connectivity index (χ0) is 19.7. The summed E-state index contributed by atoms with van der Waals surface area (Å²) in [7, 11) is -3.60. The SMILES string of the molecule is Cc1cc(C)c(S(=O)(=O)N2CCC[C@@H](C(=O)NCC(C)(C)C)C2)c(C)c1. The molecule has 2 rings (SSSR count). The first-order chi connectivity index (χ1) is 11.9. The normalized spacial score (nSPS) is 19.4. The number of carbonyl (C=O) groups excluding carboxylic acids is 1. The molecule has 1 heterocycles. The predicted octanol–water partition coefficient (Wildman–Crippen LogP) is 3.17. The Balaban J connectivity index is 2.20. The van der Waals surface area contributed by atoms with Crippen molar-refractivity contribution in [3.05, 3.63) is 28.8 Å². The third-order valence-corrected chi connectivity index (χ3v) is 6.92. The van der Waals surface area contributed by atoms with E-state index in [1.165, 1.54) is 4.31 Å². The number of hydrogen-bond donors (Lipinski definition) is 1. The minimum absolute atomic E-state index is 0.00616. The molecule has 1 N–H and O–H groups in total. The Kier molecular flexibility index (Phi) is 6.18. The van der Waals surface area contributed by atoms with Crippen molar-refractivity contribution in [2.45, 2.75) is 59.3 Å². The quantitative estimate of drug-likeness (QED) is 0.872. The van der Waals surface area contributed by atoms with E-state index in [0.717, 1.165) is 23.1 Å². The van der Waals surface area contributed by atoms with Gasteiger partial charge in [-0.1, -0.05) is 38.5 Å². The lowest BCUT2D eigenvalue weighted by atomic mass is 9.95. The van der Waals surface area contributed by atoms with E-state index in [2.05, 4.69) is 26.1 Å². The lowest BCUT2D eigenvalue weighted by Crippen LogP contribution is -2.46. The number of nitrogens with one attached hydrogen (secondary N) is 1. The van der Waals surface area contributed by atoms with Crippen LogP contribution < -0.4 is 5.32 Å². The zero-order valence-electron chi connectivity index (χ0n) is 16.8. The second kappa shape index (κ2) is 7.69. The van der Waals surface area contributed by atoms with Crippen LogP contribution in [0.1, 0.15) is 50.3 Å². The molecular weight excluding hydrogens is 348 g/mol. The van der Waals surface area contributed by atoms with Crippen LogP contribution in [0, 0.1) is 32.1 Å². The summed E-state index contributed by atoms with van der Waals surface area (Å²) in [6, 6.07) is 3.80. The molecule has 1 aromatic rings. The summed E-state index contributed by atoms with van der Waals surface area (Å²) in [6.45, 7) is 13.1. The summed E-state index contributed by atoms with van der Waals surface area (Å²) < 4.78 is 27.9. The highest BCUT2D eigenvalue weighted by atomic mass is 32.2. The number of amides is 1. The van der Waals surface area contributed by atoms with Crippen LogP contribution in [0.3, 0.4) is 0 Å². The number of sulfonamides is 1. The molecule has 1 aromatic carbocycles. The molecule has 1 aliphatic rings. The second-order valence-corrected chi connectivity index (χ2v) is 10.6. The zero-order valence-corrected chi connectivity index (χ0v) is 17.7. The van der Waals surface area contributed by atoms with Crippen LogP contribution in [0.25, 0.3) is 0 Å². The van der Waals surface area contributed by atoms with Crippen LogP contribution in [-0.2, 0) is 14.8 Å². The van der Waals surface area contributed by atoms with E-state index in [1.54, 1.807) is 0 Å². The van der Waals surface area contributed by atoms with Crippen molar-refractivity contribution >= 4 is 15.9 Å². The van der Waals surface area contributed by atoms with Crippen molar-refractivity contribution in [1.82, 2.24) is 9.62 Å². The van der Waals surface area contributed by atoms with Gasteiger partial charge in [-0.2, -0.15) is 4.31 Å². The van der Waals surface area contributed by atoms with E-state index in [1.807, 2.05) is 32.9 Å². The van der Waals surface area contributed by atoms with Gasteiger partial charge in [0.25, 0.3) is 0 Å². The molecule has 5 nitrogen and oxygen atoms in total. The van der Waals surface area contributed by atoms with Gasteiger partial charge >= 0.3 is 0 Å². The highest BCUT2D eigenvalue weighted by Crippen LogP contribution is 2.29. The van der Waals surface area contributed by atoms with Crippen molar-refractivity contribution in [1.29, 1.82) is 0 Å². The first-order valence-corrected chi connectivity index (χ1v) is 10.7. The number of aryl methyl sites for hydroxylation is 3. The molecule has 6 heteroatoms. The predicted molar refractivity (Wildman–Crippen MR) is 105 cm³/mol. The first-order valence-electron chi connectivity index (χ1n) is 9.27. The van der Waals surface area contributed by atoms with Crippen molar-refractivity contribution in [2.24, 2.45) is 11.3 Å².